The first-order valence-electron chi connectivity index (χ1n) is 7.91. The summed E-state index contributed by atoms with van der Waals surface area (Å²) < 4.78 is 3.19. The molecule has 1 aliphatic rings. The number of benzene rings is 3. The summed E-state index contributed by atoms with van der Waals surface area (Å²) in [6.07, 6.45) is 4.38. The molecule has 24 heavy (non-hydrogen) atoms. The second kappa shape index (κ2) is 6.81. The van der Waals surface area contributed by atoms with Crippen molar-refractivity contribution in [3.05, 3.63) is 114 Å². The molecule has 3 aromatic rings. The van der Waals surface area contributed by atoms with Gasteiger partial charge < -0.3 is 3.81 Å². The van der Waals surface area contributed by atoms with E-state index in [4.69, 9.17) is 0 Å². The number of rotatable bonds is 3. The van der Waals surface area contributed by atoms with Gasteiger partial charge in [0.1, 0.15) is 4.91 Å². The summed E-state index contributed by atoms with van der Waals surface area (Å²) >= 11 is 1.67. The van der Waals surface area contributed by atoms with Gasteiger partial charge in [-0.15, -0.1) is 0 Å². The summed E-state index contributed by atoms with van der Waals surface area (Å²) in [4.78, 5) is 1.21. The van der Waals surface area contributed by atoms with Crippen LogP contribution in [0.15, 0.2) is 103 Å². The van der Waals surface area contributed by atoms with Gasteiger partial charge in [0.2, 0.25) is 6.26 Å². The molecule has 0 unspecified atom stereocenters. The number of hydrogen-bond acceptors (Lipinski definition) is 1. The molecular formula is C22H17OS+. The van der Waals surface area contributed by atoms with Gasteiger partial charge in [-0.1, -0.05) is 78.9 Å². The summed E-state index contributed by atoms with van der Waals surface area (Å²) in [6, 6.07) is 31.3. The van der Waals surface area contributed by atoms with E-state index < -0.39 is 0 Å². The Bertz CT molecular complexity index is 868. The Morgan fingerprint density at radius 3 is 1.75 bits per heavy atom. The standard InChI is InChI=1S/C22H17OS/c1-4-10-18(11-5-1)20-16-22(19-12-6-2-7-13-19)24-23(17-20)21-14-8-3-9-15-21/h1-17H/q+1. The quantitative estimate of drug-likeness (QED) is 0.382. The van der Waals surface area contributed by atoms with E-state index in [1.807, 2.05) is 18.2 Å². The van der Waals surface area contributed by atoms with Gasteiger partial charge >= 0.3 is 0 Å². The minimum atomic E-state index is 1.09. The van der Waals surface area contributed by atoms with Crippen molar-refractivity contribution < 1.29 is 3.81 Å². The molecule has 0 saturated heterocycles. The van der Waals surface area contributed by atoms with Crippen LogP contribution in [0.2, 0.25) is 0 Å². The minimum Gasteiger partial charge on any atom is -0.462 e. The third-order valence-corrected chi connectivity index (χ3v) is 4.84. The van der Waals surface area contributed by atoms with Crippen molar-refractivity contribution in [3.8, 4) is 5.75 Å². The van der Waals surface area contributed by atoms with E-state index >= 15 is 0 Å². The first-order valence-corrected chi connectivity index (χ1v) is 8.65. The molecule has 0 aliphatic carbocycles. The van der Waals surface area contributed by atoms with Crippen LogP contribution in [0, 0.1) is 0 Å². The third-order valence-electron chi connectivity index (χ3n) is 3.84. The van der Waals surface area contributed by atoms with Gasteiger partial charge in [-0.05, 0) is 17.2 Å². The highest BCUT2D eigenvalue weighted by atomic mass is 32.2. The lowest BCUT2D eigenvalue weighted by molar-refractivity contribution is 0.292. The fourth-order valence-electron chi connectivity index (χ4n) is 2.62. The lowest BCUT2D eigenvalue weighted by Crippen LogP contribution is -1.98. The Morgan fingerprint density at radius 2 is 1.12 bits per heavy atom. The minimum absolute atomic E-state index is 1.09. The lowest BCUT2D eigenvalue weighted by Gasteiger charge is -2.21. The highest BCUT2D eigenvalue weighted by Crippen LogP contribution is 2.47. The van der Waals surface area contributed by atoms with E-state index in [9.17, 15) is 0 Å². The molecule has 0 aromatic heterocycles. The maximum absolute atomic E-state index is 3.19. The summed E-state index contributed by atoms with van der Waals surface area (Å²) in [5, 5.41) is 0. The molecule has 1 heterocycles. The monoisotopic (exact) mass is 329 g/mol. The highest BCUT2D eigenvalue weighted by molar-refractivity contribution is 8.04. The molecule has 0 spiro atoms. The summed E-state index contributed by atoms with van der Waals surface area (Å²) in [6.45, 7) is 0. The van der Waals surface area contributed by atoms with Gasteiger partial charge in [0.05, 0.1) is 5.57 Å². The van der Waals surface area contributed by atoms with E-state index in [-0.39, 0.29) is 0 Å². The van der Waals surface area contributed by atoms with Crippen LogP contribution >= 0.6 is 12.0 Å². The van der Waals surface area contributed by atoms with Crippen LogP contribution in [0.4, 0.5) is 0 Å². The Hall–Kier alpha value is -2.71. The molecule has 0 fully saturated rings. The molecule has 0 saturated carbocycles. The molecule has 2 heteroatoms. The van der Waals surface area contributed by atoms with E-state index in [1.54, 1.807) is 12.0 Å². The van der Waals surface area contributed by atoms with Gasteiger partial charge in [0.25, 0.3) is 17.8 Å². The Morgan fingerprint density at radius 1 is 0.583 bits per heavy atom. The zero-order valence-corrected chi connectivity index (χ0v) is 13.9. The van der Waals surface area contributed by atoms with Crippen LogP contribution in [-0.2, 0) is 3.81 Å². The summed E-state index contributed by atoms with van der Waals surface area (Å²) in [5.41, 5.74) is 3.61. The van der Waals surface area contributed by atoms with Gasteiger partial charge in [-0.3, -0.25) is 0 Å². The Kier molecular flexibility index (Phi) is 4.22. The van der Waals surface area contributed by atoms with Crippen LogP contribution in [0.1, 0.15) is 11.1 Å². The number of hydrogen-bond donors (Lipinski definition) is 0. The van der Waals surface area contributed by atoms with Crippen molar-refractivity contribution in [1.29, 1.82) is 0 Å². The molecule has 0 radical (unpaired) electrons. The Labute approximate surface area is 146 Å². The molecule has 3 aromatic carbocycles. The highest BCUT2D eigenvalue weighted by Gasteiger charge is 2.24. The first-order chi connectivity index (χ1) is 11.9. The molecule has 0 N–H and O–H groups in total. The SMILES string of the molecule is C1=C(c2ccccc2)C=C(c2ccccc2)S[O+]1c1ccccc1. The van der Waals surface area contributed by atoms with Crippen molar-refractivity contribution in [2.75, 3.05) is 0 Å². The molecule has 0 atom stereocenters. The van der Waals surface area contributed by atoms with Crippen molar-refractivity contribution in [1.82, 2.24) is 0 Å². The van der Waals surface area contributed by atoms with E-state index in [1.165, 1.54) is 21.6 Å². The smallest absolute Gasteiger partial charge is 0.285 e. The van der Waals surface area contributed by atoms with E-state index in [0.717, 1.165) is 5.75 Å². The normalized spacial score (nSPS) is 14.1. The van der Waals surface area contributed by atoms with Crippen LogP contribution in [0.25, 0.3) is 10.5 Å². The number of allylic oxidation sites excluding steroid dienone is 2. The lowest BCUT2D eigenvalue weighted by atomic mass is 10.1. The zero-order valence-electron chi connectivity index (χ0n) is 13.1. The van der Waals surface area contributed by atoms with Crippen LogP contribution in [-0.4, -0.2) is 0 Å². The number of para-hydroxylation sites is 1. The molecule has 116 valence electrons. The van der Waals surface area contributed by atoms with Crippen LogP contribution < -0.4 is 0 Å². The van der Waals surface area contributed by atoms with Crippen molar-refractivity contribution in [3.63, 3.8) is 0 Å². The van der Waals surface area contributed by atoms with E-state index in [0.29, 0.717) is 0 Å². The van der Waals surface area contributed by atoms with Gasteiger partial charge in [-0.25, -0.2) is 0 Å². The maximum Gasteiger partial charge on any atom is 0.285 e. The molecule has 0 bridgehead atoms. The fourth-order valence-corrected chi connectivity index (χ4v) is 3.58. The molecular weight excluding hydrogens is 312 g/mol. The first kappa shape index (κ1) is 14.9. The average Bonchev–Trinajstić information content (AvgIpc) is 2.70. The van der Waals surface area contributed by atoms with Gasteiger partial charge in [-0.2, -0.15) is 0 Å². The summed E-state index contributed by atoms with van der Waals surface area (Å²) in [7, 11) is 0. The van der Waals surface area contributed by atoms with Gasteiger partial charge in [0.15, 0.2) is 0 Å². The predicted molar refractivity (Wildman–Crippen MR) is 103 cm³/mol. The van der Waals surface area contributed by atoms with Crippen molar-refractivity contribution >= 4 is 22.5 Å². The van der Waals surface area contributed by atoms with Crippen molar-refractivity contribution in [2.24, 2.45) is 0 Å². The third kappa shape index (κ3) is 3.15. The largest absolute Gasteiger partial charge is 0.462 e. The second-order valence-corrected chi connectivity index (χ2v) is 6.47. The van der Waals surface area contributed by atoms with E-state index in [2.05, 4.69) is 88.9 Å². The van der Waals surface area contributed by atoms with Gasteiger partial charge in [0, 0.05) is 12.1 Å². The van der Waals surface area contributed by atoms with Crippen LogP contribution in [0.5, 0.6) is 5.75 Å². The van der Waals surface area contributed by atoms with Crippen LogP contribution in [0.3, 0.4) is 0 Å². The molecule has 0 amide bonds. The fraction of sp³-hybridized carbons (Fsp3) is 0. The molecule has 1 aliphatic heterocycles. The van der Waals surface area contributed by atoms with Crippen molar-refractivity contribution in [2.45, 2.75) is 0 Å². The average molecular weight is 329 g/mol. The second-order valence-electron chi connectivity index (χ2n) is 5.51. The molecule has 1 nitrogen and oxygen atoms in total. The zero-order chi connectivity index (χ0) is 16.2. The summed E-state index contributed by atoms with van der Waals surface area (Å²) in [5.74, 6) is 1.09. The topological polar surface area (TPSA) is 2.70 Å². The molecule has 4 rings (SSSR count). The Balaban J connectivity index is 1.79. The predicted octanol–water partition coefficient (Wildman–Crippen LogP) is 6.70. The maximum atomic E-state index is 3.19.